The summed E-state index contributed by atoms with van der Waals surface area (Å²) in [4.78, 5) is 0. The van der Waals surface area contributed by atoms with Gasteiger partial charge in [-0.1, -0.05) is 64.7 Å². The summed E-state index contributed by atoms with van der Waals surface area (Å²) in [6.45, 7) is 2.34. The van der Waals surface area contributed by atoms with Crippen molar-refractivity contribution in [2.75, 3.05) is 13.2 Å². The van der Waals surface area contributed by atoms with E-state index >= 15 is 0 Å². The first-order valence-electron chi connectivity index (χ1n) is 8.90. The molecule has 1 aliphatic rings. The largest absolute Gasteiger partial charge is 0.397 e. The summed E-state index contributed by atoms with van der Waals surface area (Å²) in [7, 11) is -4.40. The summed E-state index contributed by atoms with van der Waals surface area (Å²) < 4.78 is 44.7. The molecular formula is C16H32O6S. The van der Waals surface area contributed by atoms with Crippen LogP contribution in [-0.2, 0) is 24.1 Å². The van der Waals surface area contributed by atoms with Gasteiger partial charge in [-0.3, -0.25) is 4.55 Å². The fourth-order valence-electron chi connectivity index (χ4n) is 2.71. The lowest BCUT2D eigenvalue weighted by atomic mass is 10.1. The van der Waals surface area contributed by atoms with Crippen LogP contribution in [0, 0.1) is 0 Å². The van der Waals surface area contributed by atoms with Crippen molar-refractivity contribution in [3.05, 3.63) is 0 Å². The third kappa shape index (κ3) is 11.9. The normalized spacial score (nSPS) is 21.8. The van der Waals surface area contributed by atoms with Crippen LogP contribution in [0.25, 0.3) is 0 Å². The molecule has 0 aliphatic carbocycles. The van der Waals surface area contributed by atoms with Crippen LogP contribution in [0.3, 0.4) is 0 Å². The molecule has 0 aromatic heterocycles. The van der Waals surface area contributed by atoms with E-state index in [1.807, 2.05) is 0 Å². The van der Waals surface area contributed by atoms with Crippen LogP contribution in [0.4, 0.5) is 0 Å². The quantitative estimate of drug-likeness (QED) is 0.378. The lowest BCUT2D eigenvalue weighted by Crippen LogP contribution is -2.21. The van der Waals surface area contributed by atoms with E-state index in [9.17, 15) is 8.42 Å². The van der Waals surface area contributed by atoms with Crippen LogP contribution in [0.2, 0.25) is 0 Å². The highest BCUT2D eigenvalue weighted by molar-refractivity contribution is 7.80. The van der Waals surface area contributed by atoms with Gasteiger partial charge in [-0.2, -0.15) is 8.42 Å². The van der Waals surface area contributed by atoms with Crippen molar-refractivity contribution in [3.63, 3.8) is 0 Å². The number of rotatable bonds is 14. The van der Waals surface area contributed by atoms with Crippen LogP contribution < -0.4 is 0 Å². The Hall–Kier alpha value is -0.210. The molecule has 0 saturated carbocycles. The summed E-state index contributed by atoms with van der Waals surface area (Å²) in [5.41, 5.74) is 0. The van der Waals surface area contributed by atoms with Crippen molar-refractivity contribution in [2.45, 2.75) is 89.9 Å². The molecule has 1 saturated heterocycles. The molecule has 138 valence electrons. The number of unbranched alkanes of at least 4 members (excludes halogenated alkanes) is 9. The lowest BCUT2D eigenvalue weighted by molar-refractivity contribution is -0.0688. The zero-order valence-corrected chi connectivity index (χ0v) is 15.1. The summed E-state index contributed by atoms with van der Waals surface area (Å²) in [6.07, 6.45) is 12.9. The maximum Gasteiger partial charge on any atom is 0.397 e. The van der Waals surface area contributed by atoms with Gasteiger partial charge in [0.05, 0.1) is 13.2 Å². The zero-order chi connectivity index (χ0) is 17.0. The molecule has 7 heteroatoms. The minimum Gasteiger partial charge on any atom is -0.350 e. The SMILES string of the molecule is CCCCCCCCCCCCC1OCC(COS(=O)(=O)O)O1. The molecule has 1 fully saturated rings. The Balaban J connectivity index is 1.89. The average Bonchev–Trinajstić information content (AvgIpc) is 2.94. The predicted molar refractivity (Wildman–Crippen MR) is 88.6 cm³/mol. The topological polar surface area (TPSA) is 82.1 Å². The van der Waals surface area contributed by atoms with Crippen LogP contribution in [0.15, 0.2) is 0 Å². The van der Waals surface area contributed by atoms with E-state index in [-0.39, 0.29) is 12.9 Å². The fourth-order valence-corrected chi connectivity index (χ4v) is 3.03. The lowest BCUT2D eigenvalue weighted by Gasteiger charge is -2.10. The van der Waals surface area contributed by atoms with E-state index in [2.05, 4.69) is 11.1 Å². The van der Waals surface area contributed by atoms with Crippen molar-refractivity contribution in [1.29, 1.82) is 0 Å². The maximum atomic E-state index is 10.5. The Morgan fingerprint density at radius 2 is 1.57 bits per heavy atom. The molecule has 2 atom stereocenters. The van der Waals surface area contributed by atoms with E-state index in [0.29, 0.717) is 6.61 Å². The first kappa shape index (κ1) is 20.8. The summed E-state index contributed by atoms with van der Waals surface area (Å²) >= 11 is 0. The third-order valence-electron chi connectivity index (χ3n) is 4.01. The second-order valence-corrected chi connectivity index (χ2v) is 7.30. The average molecular weight is 352 g/mol. The Kier molecular flexibility index (Phi) is 11.0. The van der Waals surface area contributed by atoms with Gasteiger partial charge in [0.15, 0.2) is 6.29 Å². The third-order valence-corrected chi connectivity index (χ3v) is 4.44. The van der Waals surface area contributed by atoms with E-state index in [4.69, 9.17) is 14.0 Å². The summed E-state index contributed by atoms with van der Waals surface area (Å²) in [5.74, 6) is 0. The van der Waals surface area contributed by atoms with Gasteiger partial charge in [-0.05, 0) is 12.8 Å². The Labute approximate surface area is 140 Å². The number of hydrogen-bond acceptors (Lipinski definition) is 5. The molecule has 2 unspecified atom stereocenters. The minimum absolute atomic E-state index is 0.201. The second-order valence-electron chi connectivity index (χ2n) is 6.20. The molecule has 1 heterocycles. The van der Waals surface area contributed by atoms with Gasteiger partial charge in [0, 0.05) is 0 Å². The highest BCUT2D eigenvalue weighted by atomic mass is 32.3. The van der Waals surface area contributed by atoms with Crippen LogP contribution in [0.1, 0.15) is 77.6 Å². The molecular weight excluding hydrogens is 320 g/mol. The molecule has 1 rings (SSSR count). The van der Waals surface area contributed by atoms with Crippen molar-refractivity contribution >= 4 is 10.4 Å². The fraction of sp³-hybridized carbons (Fsp3) is 1.00. The van der Waals surface area contributed by atoms with Gasteiger partial charge in [-0.25, -0.2) is 4.18 Å². The molecule has 0 spiro atoms. The smallest absolute Gasteiger partial charge is 0.350 e. The first-order valence-corrected chi connectivity index (χ1v) is 10.3. The van der Waals surface area contributed by atoms with Gasteiger partial charge >= 0.3 is 10.4 Å². The van der Waals surface area contributed by atoms with Crippen molar-refractivity contribution < 1.29 is 26.6 Å². The predicted octanol–water partition coefficient (Wildman–Crippen LogP) is 3.86. The molecule has 6 nitrogen and oxygen atoms in total. The summed E-state index contributed by atoms with van der Waals surface area (Å²) in [5, 5.41) is 0. The standard InChI is InChI=1S/C16H32O6S/c1-2-3-4-5-6-7-8-9-10-11-12-16-20-13-15(22-16)14-21-23(17,18)19/h15-16H,2-14H2,1H3,(H,17,18,19). The Morgan fingerprint density at radius 3 is 2.13 bits per heavy atom. The molecule has 0 bridgehead atoms. The second kappa shape index (κ2) is 12.2. The number of hydrogen-bond donors (Lipinski definition) is 1. The minimum atomic E-state index is -4.40. The summed E-state index contributed by atoms with van der Waals surface area (Å²) in [6, 6.07) is 0. The van der Waals surface area contributed by atoms with Crippen LogP contribution in [0.5, 0.6) is 0 Å². The molecule has 0 aromatic rings. The highest BCUT2D eigenvalue weighted by Crippen LogP contribution is 2.19. The zero-order valence-electron chi connectivity index (χ0n) is 14.2. The van der Waals surface area contributed by atoms with E-state index in [0.717, 1.165) is 12.8 Å². The van der Waals surface area contributed by atoms with Crippen molar-refractivity contribution in [2.24, 2.45) is 0 Å². The Bertz CT molecular complexity index is 384. The number of ether oxygens (including phenoxy) is 2. The van der Waals surface area contributed by atoms with Crippen molar-refractivity contribution in [1.82, 2.24) is 0 Å². The maximum absolute atomic E-state index is 10.5. The van der Waals surface area contributed by atoms with E-state index in [1.165, 1.54) is 57.8 Å². The molecule has 0 amide bonds. The van der Waals surface area contributed by atoms with Gasteiger partial charge in [0.2, 0.25) is 0 Å². The molecule has 0 aromatic carbocycles. The van der Waals surface area contributed by atoms with Gasteiger partial charge in [0.1, 0.15) is 6.10 Å². The van der Waals surface area contributed by atoms with E-state index in [1.54, 1.807) is 0 Å². The molecule has 0 radical (unpaired) electrons. The molecule has 23 heavy (non-hydrogen) atoms. The van der Waals surface area contributed by atoms with Gasteiger partial charge in [0.25, 0.3) is 0 Å². The van der Waals surface area contributed by atoms with Crippen molar-refractivity contribution in [3.8, 4) is 0 Å². The van der Waals surface area contributed by atoms with Gasteiger partial charge in [-0.15, -0.1) is 0 Å². The molecule has 1 aliphatic heterocycles. The van der Waals surface area contributed by atoms with Crippen LogP contribution >= 0.6 is 0 Å². The highest BCUT2D eigenvalue weighted by Gasteiger charge is 2.27. The monoisotopic (exact) mass is 352 g/mol. The van der Waals surface area contributed by atoms with Gasteiger partial charge < -0.3 is 9.47 Å². The first-order chi connectivity index (χ1) is 11.0. The molecule has 1 N–H and O–H groups in total. The van der Waals surface area contributed by atoms with E-state index < -0.39 is 16.5 Å². The van der Waals surface area contributed by atoms with Crippen LogP contribution in [-0.4, -0.2) is 38.6 Å². The Morgan fingerprint density at radius 1 is 1.00 bits per heavy atom.